The predicted molar refractivity (Wildman–Crippen MR) is 105 cm³/mol. The summed E-state index contributed by atoms with van der Waals surface area (Å²) < 4.78 is 11.4. The number of carbonyl (C=O) groups is 1. The van der Waals surface area contributed by atoms with Gasteiger partial charge in [0.25, 0.3) is 0 Å². The Bertz CT molecular complexity index is 594. The van der Waals surface area contributed by atoms with Gasteiger partial charge in [-0.05, 0) is 37.8 Å². The quantitative estimate of drug-likeness (QED) is 0.724. The number of carbonyl (C=O) groups excluding carboxylic acids is 1. The molecule has 0 aliphatic carbocycles. The number of amides is 1. The molecule has 2 aliphatic rings. The summed E-state index contributed by atoms with van der Waals surface area (Å²) in [7, 11) is 0. The van der Waals surface area contributed by atoms with Crippen LogP contribution in [-0.2, 0) is 27.4 Å². The van der Waals surface area contributed by atoms with Gasteiger partial charge in [-0.2, -0.15) is 0 Å². The molecule has 6 heteroatoms. The SMILES string of the molecule is C[C@@H]1CN(Cc2ccccc2CNC(=O)CNC[C@@H]2CCCO2)C[C@H](C)O1. The second-order valence-electron chi connectivity index (χ2n) is 7.76. The van der Waals surface area contributed by atoms with E-state index in [1.807, 2.05) is 6.07 Å². The van der Waals surface area contributed by atoms with Crippen LogP contribution in [0.3, 0.4) is 0 Å². The van der Waals surface area contributed by atoms with Crippen LogP contribution in [0.2, 0.25) is 0 Å². The van der Waals surface area contributed by atoms with Crippen LogP contribution in [0.15, 0.2) is 24.3 Å². The Morgan fingerprint density at radius 2 is 1.93 bits per heavy atom. The minimum Gasteiger partial charge on any atom is -0.377 e. The molecule has 0 bridgehead atoms. The Labute approximate surface area is 162 Å². The van der Waals surface area contributed by atoms with Gasteiger partial charge in [-0.1, -0.05) is 24.3 Å². The van der Waals surface area contributed by atoms with Crippen molar-refractivity contribution in [2.45, 2.75) is 58.1 Å². The van der Waals surface area contributed by atoms with Crippen LogP contribution in [0.1, 0.15) is 37.8 Å². The summed E-state index contributed by atoms with van der Waals surface area (Å²) in [6.07, 6.45) is 2.99. The van der Waals surface area contributed by atoms with Gasteiger partial charge in [0, 0.05) is 39.3 Å². The van der Waals surface area contributed by atoms with E-state index in [-0.39, 0.29) is 24.2 Å². The maximum Gasteiger partial charge on any atom is 0.234 e. The maximum absolute atomic E-state index is 12.1. The van der Waals surface area contributed by atoms with E-state index in [1.165, 1.54) is 11.1 Å². The normalized spacial score (nSPS) is 26.2. The zero-order chi connectivity index (χ0) is 19.1. The number of hydrogen-bond acceptors (Lipinski definition) is 5. The first-order chi connectivity index (χ1) is 13.1. The standard InChI is InChI=1S/C21H33N3O3/c1-16-13-24(14-17(2)27-16)15-19-7-4-3-6-18(19)10-23-21(25)12-22-11-20-8-5-9-26-20/h3-4,6-7,16-17,20,22H,5,8-15H2,1-2H3,(H,23,25)/t16-,17+,20-/m0/s1. The molecule has 1 aromatic carbocycles. The van der Waals surface area contributed by atoms with Gasteiger partial charge in [0.2, 0.25) is 5.91 Å². The molecular weight excluding hydrogens is 342 g/mol. The molecular formula is C21H33N3O3. The summed E-state index contributed by atoms with van der Waals surface area (Å²) in [6.45, 7) is 9.51. The van der Waals surface area contributed by atoms with Crippen molar-refractivity contribution in [3.8, 4) is 0 Å². The highest BCUT2D eigenvalue weighted by Gasteiger charge is 2.22. The first-order valence-corrected chi connectivity index (χ1v) is 10.1. The summed E-state index contributed by atoms with van der Waals surface area (Å²) >= 11 is 0. The van der Waals surface area contributed by atoms with Crippen molar-refractivity contribution in [2.75, 3.05) is 32.8 Å². The maximum atomic E-state index is 12.1. The van der Waals surface area contributed by atoms with Crippen LogP contribution >= 0.6 is 0 Å². The molecule has 2 heterocycles. The fourth-order valence-corrected chi connectivity index (χ4v) is 3.95. The Morgan fingerprint density at radius 1 is 1.19 bits per heavy atom. The van der Waals surface area contributed by atoms with Crippen molar-refractivity contribution in [3.63, 3.8) is 0 Å². The number of hydrogen-bond donors (Lipinski definition) is 2. The van der Waals surface area contributed by atoms with Crippen molar-refractivity contribution in [1.82, 2.24) is 15.5 Å². The van der Waals surface area contributed by atoms with E-state index < -0.39 is 0 Å². The first kappa shape index (κ1) is 20.3. The third kappa shape index (κ3) is 6.57. The summed E-state index contributed by atoms with van der Waals surface area (Å²) in [5.74, 6) is 0.0245. The lowest BCUT2D eigenvalue weighted by Gasteiger charge is -2.35. The average Bonchev–Trinajstić information content (AvgIpc) is 3.13. The number of rotatable bonds is 8. The lowest BCUT2D eigenvalue weighted by molar-refractivity contribution is -0.120. The van der Waals surface area contributed by atoms with Crippen molar-refractivity contribution in [2.24, 2.45) is 0 Å². The zero-order valence-corrected chi connectivity index (χ0v) is 16.6. The molecule has 150 valence electrons. The van der Waals surface area contributed by atoms with Gasteiger partial charge < -0.3 is 20.1 Å². The molecule has 3 atom stereocenters. The van der Waals surface area contributed by atoms with E-state index in [9.17, 15) is 4.79 Å². The molecule has 1 amide bonds. The van der Waals surface area contributed by atoms with E-state index in [1.54, 1.807) is 0 Å². The molecule has 2 saturated heterocycles. The molecule has 0 aromatic heterocycles. The lowest BCUT2D eigenvalue weighted by atomic mass is 10.1. The molecule has 3 rings (SSSR count). The van der Waals surface area contributed by atoms with Gasteiger partial charge in [-0.15, -0.1) is 0 Å². The second-order valence-corrected chi connectivity index (χ2v) is 7.76. The third-order valence-corrected chi connectivity index (χ3v) is 5.17. The average molecular weight is 376 g/mol. The Morgan fingerprint density at radius 3 is 2.63 bits per heavy atom. The molecule has 0 spiro atoms. The summed E-state index contributed by atoms with van der Waals surface area (Å²) in [4.78, 5) is 14.6. The summed E-state index contributed by atoms with van der Waals surface area (Å²) in [5.41, 5.74) is 2.45. The fraction of sp³-hybridized carbons (Fsp3) is 0.667. The van der Waals surface area contributed by atoms with Crippen LogP contribution in [0, 0.1) is 0 Å². The highest BCUT2D eigenvalue weighted by Crippen LogP contribution is 2.17. The van der Waals surface area contributed by atoms with Crippen molar-refractivity contribution in [3.05, 3.63) is 35.4 Å². The minimum atomic E-state index is 0.0245. The molecule has 27 heavy (non-hydrogen) atoms. The minimum absolute atomic E-state index is 0.0245. The summed E-state index contributed by atoms with van der Waals surface area (Å²) in [5, 5.41) is 6.23. The van der Waals surface area contributed by atoms with Crippen LogP contribution in [0.5, 0.6) is 0 Å². The Balaban J connectivity index is 1.44. The molecule has 2 fully saturated rings. The van der Waals surface area contributed by atoms with Crippen LogP contribution < -0.4 is 10.6 Å². The van der Waals surface area contributed by atoms with E-state index in [0.29, 0.717) is 13.1 Å². The van der Waals surface area contributed by atoms with Gasteiger partial charge in [0.1, 0.15) is 0 Å². The molecule has 0 radical (unpaired) electrons. The highest BCUT2D eigenvalue weighted by molar-refractivity contribution is 5.78. The number of nitrogens with zero attached hydrogens (tertiary/aromatic N) is 1. The summed E-state index contributed by atoms with van der Waals surface area (Å²) in [6, 6.07) is 8.35. The van der Waals surface area contributed by atoms with Crippen molar-refractivity contribution >= 4 is 5.91 Å². The molecule has 6 nitrogen and oxygen atoms in total. The second kappa shape index (κ2) is 10.2. The molecule has 0 unspecified atom stereocenters. The number of ether oxygens (including phenoxy) is 2. The van der Waals surface area contributed by atoms with Crippen LogP contribution in [-0.4, -0.2) is 61.9 Å². The fourth-order valence-electron chi connectivity index (χ4n) is 3.95. The highest BCUT2D eigenvalue weighted by atomic mass is 16.5. The number of nitrogens with one attached hydrogen (secondary N) is 2. The predicted octanol–water partition coefficient (Wildman–Crippen LogP) is 1.68. The van der Waals surface area contributed by atoms with E-state index >= 15 is 0 Å². The topological polar surface area (TPSA) is 62.8 Å². The first-order valence-electron chi connectivity index (χ1n) is 10.1. The van der Waals surface area contributed by atoms with Gasteiger partial charge >= 0.3 is 0 Å². The lowest BCUT2D eigenvalue weighted by Crippen LogP contribution is -2.45. The van der Waals surface area contributed by atoms with E-state index in [4.69, 9.17) is 9.47 Å². The zero-order valence-electron chi connectivity index (χ0n) is 16.6. The van der Waals surface area contributed by atoms with Crippen molar-refractivity contribution in [1.29, 1.82) is 0 Å². The monoisotopic (exact) mass is 375 g/mol. The van der Waals surface area contributed by atoms with Gasteiger partial charge in [-0.3, -0.25) is 9.69 Å². The van der Waals surface area contributed by atoms with Crippen molar-refractivity contribution < 1.29 is 14.3 Å². The van der Waals surface area contributed by atoms with Crippen LogP contribution in [0.4, 0.5) is 0 Å². The van der Waals surface area contributed by atoms with Gasteiger partial charge in [0.15, 0.2) is 0 Å². The molecule has 2 aliphatic heterocycles. The van der Waals surface area contributed by atoms with E-state index in [2.05, 4.69) is 47.6 Å². The number of morpholine rings is 1. The third-order valence-electron chi connectivity index (χ3n) is 5.17. The molecule has 0 saturated carbocycles. The molecule has 1 aromatic rings. The Hall–Kier alpha value is -1.47. The smallest absolute Gasteiger partial charge is 0.234 e. The van der Waals surface area contributed by atoms with Crippen LogP contribution in [0.25, 0.3) is 0 Å². The van der Waals surface area contributed by atoms with Gasteiger partial charge in [-0.25, -0.2) is 0 Å². The molecule has 2 N–H and O–H groups in total. The van der Waals surface area contributed by atoms with Gasteiger partial charge in [0.05, 0.1) is 24.9 Å². The van der Waals surface area contributed by atoms with E-state index in [0.717, 1.165) is 45.6 Å². The largest absolute Gasteiger partial charge is 0.377 e. The Kier molecular flexibility index (Phi) is 7.64. The number of benzene rings is 1.